The first-order valence-corrected chi connectivity index (χ1v) is 2.51. The molecule has 2 heteroatoms. The quantitative estimate of drug-likeness (QED) is 0.495. The van der Waals surface area contributed by atoms with Crippen molar-refractivity contribution in [1.29, 1.82) is 5.26 Å². The number of nitrogens with zero attached hydrogens (tertiary/aromatic N) is 2. The second-order valence-corrected chi connectivity index (χ2v) is 1.62. The Kier molecular flexibility index (Phi) is 1.43. The fourth-order valence-electron chi connectivity index (χ4n) is 0.609. The molecule has 0 aromatic heterocycles. The van der Waals surface area contributed by atoms with E-state index in [9.17, 15) is 0 Å². The Morgan fingerprint density at radius 2 is 2.75 bits per heavy atom. The van der Waals surface area contributed by atoms with Gasteiger partial charge >= 0.3 is 0 Å². The number of hydrogen-bond acceptors (Lipinski definition) is 2. The maximum atomic E-state index is 8.17. The highest BCUT2D eigenvalue weighted by molar-refractivity contribution is 5.89. The van der Waals surface area contributed by atoms with E-state index in [0.717, 1.165) is 12.1 Å². The van der Waals surface area contributed by atoms with Crippen LogP contribution in [-0.4, -0.2) is 5.71 Å². The average Bonchev–Trinajstić information content (AvgIpc) is 2.19. The molecule has 1 aliphatic heterocycles. The smallest absolute Gasteiger partial charge is 0.0738 e. The van der Waals surface area contributed by atoms with E-state index in [1.807, 2.05) is 12.1 Å². The van der Waals surface area contributed by atoms with Crippen molar-refractivity contribution >= 4 is 5.71 Å². The molecule has 0 atom stereocenters. The molecule has 0 saturated carbocycles. The number of allylic oxidation sites excluding steroid dienone is 1. The van der Waals surface area contributed by atoms with Gasteiger partial charge in [-0.1, -0.05) is 6.08 Å². The normalized spacial score (nSPS) is 15.6. The zero-order chi connectivity index (χ0) is 5.82. The minimum Gasteiger partial charge on any atom is -0.265 e. The number of hydrogen-bond donors (Lipinski definition) is 0. The number of rotatable bonds is 1. The van der Waals surface area contributed by atoms with E-state index in [4.69, 9.17) is 5.26 Å². The van der Waals surface area contributed by atoms with Crippen molar-refractivity contribution in [2.45, 2.75) is 12.8 Å². The van der Waals surface area contributed by atoms with Gasteiger partial charge in [0.1, 0.15) is 0 Å². The van der Waals surface area contributed by atoms with E-state index in [1.165, 1.54) is 0 Å². The summed E-state index contributed by atoms with van der Waals surface area (Å²) in [4.78, 5) is 3.94. The van der Waals surface area contributed by atoms with Crippen LogP contribution in [0.3, 0.4) is 0 Å². The molecular weight excluding hydrogens is 100 g/mol. The van der Waals surface area contributed by atoms with Gasteiger partial charge in [0.05, 0.1) is 12.5 Å². The fourth-order valence-corrected chi connectivity index (χ4v) is 0.609. The molecule has 0 fully saturated rings. The van der Waals surface area contributed by atoms with E-state index in [0.29, 0.717) is 6.42 Å². The van der Waals surface area contributed by atoms with Crippen molar-refractivity contribution in [3.8, 4) is 6.07 Å². The molecule has 0 aromatic carbocycles. The highest BCUT2D eigenvalue weighted by atomic mass is 14.7. The first-order valence-electron chi connectivity index (χ1n) is 2.51. The highest BCUT2D eigenvalue weighted by Crippen LogP contribution is 2.01. The van der Waals surface area contributed by atoms with Gasteiger partial charge in [-0.2, -0.15) is 5.26 Å². The van der Waals surface area contributed by atoms with E-state index >= 15 is 0 Å². The van der Waals surface area contributed by atoms with Crippen LogP contribution in [0.4, 0.5) is 0 Å². The van der Waals surface area contributed by atoms with Crippen molar-refractivity contribution in [1.82, 2.24) is 0 Å². The summed E-state index contributed by atoms with van der Waals surface area (Å²) in [5, 5.41) is 8.17. The van der Waals surface area contributed by atoms with E-state index in [2.05, 4.69) is 4.99 Å². The Bertz CT molecular complexity index is 171. The topological polar surface area (TPSA) is 36.1 Å². The lowest BCUT2D eigenvalue weighted by molar-refractivity contribution is 1.34. The van der Waals surface area contributed by atoms with Crippen LogP contribution in [0.5, 0.6) is 0 Å². The van der Waals surface area contributed by atoms with E-state index in [1.54, 1.807) is 6.20 Å². The van der Waals surface area contributed by atoms with Crippen LogP contribution in [0.2, 0.25) is 0 Å². The van der Waals surface area contributed by atoms with Gasteiger partial charge in [0.2, 0.25) is 0 Å². The van der Waals surface area contributed by atoms with Crippen LogP contribution in [0.15, 0.2) is 17.3 Å². The summed E-state index contributed by atoms with van der Waals surface area (Å²) in [6.07, 6.45) is 5.04. The third-order valence-electron chi connectivity index (χ3n) is 0.999. The summed E-state index contributed by atoms with van der Waals surface area (Å²) in [5.41, 5.74) is 0.979. The molecule has 0 radical (unpaired) electrons. The summed E-state index contributed by atoms with van der Waals surface area (Å²) < 4.78 is 0. The average molecular weight is 106 g/mol. The summed E-state index contributed by atoms with van der Waals surface area (Å²) in [6, 6.07) is 2.04. The van der Waals surface area contributed by atoms with E-state index in [-0.39, 0.29) is 0 Å². The zero-order valence-electron chi connectivity index (χ0n) is 4.46. The second kappa shape index (κ2) is 2.27. The molecule has 40 valence electrons. The van der Waals surface area contributed by atoms with Crippen LogP contribution in [-0.2, 0) is 0 Å². The molecule has 0 aliphatic carbocycles. The monoisotopic (exact) mass is 106 g/mol. The van der Waals surface area contributed by atoms with Crippen molar-refractivity contribution in [3.05, 3.63) is 12.3 Å². The minimum absolute atomic E-state index is 0.479. The molecule has 0 N–H and O–H groups in total. The first kappa shape index (κ1) is 5.04. The molecule has 0 unspecified atom stereocenters. The fraction of sp³-hybridized carbons (Fsp3) is 0.333. The van der Waals surface area contributed by atoms with Crippen LogP contribution < -0.4 is 0 Å². The molecule has 8 heavy (non-hydrogen) atoms. The molecule has 0 saturated heterocycles. The predicted molar refractivity (Wildman–Crippen MR) is 31.4 cm³/mol. The summed E-state index contributed by atoms with van der Waals surface area (Å²) in [6.45, 7) is 0. The van der Waals surface area contributed by atoms with Crippen LogP contribution in [0.25, 0.3) is 0 Å². The molecule has 1 aliphatic rings. The lowest BCUT2D eigenvalue weighted by atomic mass is 10.2. The van der Waals surface area contributed by atoms with Gasteiger partial charge in [-0.15, -0.1) is 0 Å². The Labute approximate surface area is 48.2 Å². The lowest BCUT2D eigenvalue weighted by Gasteiger charge is -1.84. The summed E-state index contributed by atoms with van der Waals surface area (Å²) in [5.74, 6) is 0. The predicted octanol–water partition coefficient (Wildman–Crippen LogP) is 1.26. The summed E-state index contributed by atoms with van der Waals surface area (Å²) in [7, 11) is 0. The summed E-state index contributed by atoms with van der Waals surface area (Å²) >= 11 is 0. The molecule has 2 nitrogen and oxygen atoms in total. The molecule has 0 spiro atoms. The van der Waals surface area contributed by atoms with Crippen molar-refractivity contribution < 1.29 is 0 Å². The molecular formula is C6H6N2. The maximum absolute atomic E-state index is 8.17. The Balaban J connectivity index is 2.42. The maximum Gasteiger partial charge on any atom is 0.0738 e. The molecule has 0 aromatic rings. The largest absolute Gasteiger partial charge is 0.265 e. The van der Waals surface area contributed by atoms with Gasteiger partial charge < -0.3 is 0 Å². The Morgan fingerprint density at radius 3 is 3.25 bits per heavy atom. The molecule has 0 bridgehead atoms. The van der Waals surface area contributed by atoms with Gasteiger partial charge in [0.15, 0.2) is 0 Å². The lowest BCUT2D eigenvalue weighted by Crippen LogP contribution is -1.88. The Morgan fingerprint density at radius 1 is 1.88 bits per heavy atom. The van der Waals surface area contributed by atoms with Gasteiger partial charge in [-0.3, -0.25) is 4.99 Å². The van der Waals surface area contributed by atoms with Gasteiger partial charge in [-0.05, 0) is 0 Å². The molecule has 0 amide bonds. The van der Waals surface area contributed by atoms with Crippen LogP contribution >= 0.6 is 0 Å². The SMILES string of the molecule is N#CCC1=NC=CC1. The number of aliphatic imine (C=N–C) groups is 1. The van der Waals surface area contributed by atoms with Crippen molar-refractivity contribution in [2.24, 2.45) is 4.99 Å². The molecule has 1 rings (SSSR count). The first-order chi connectivity index (χ1) is 3.93. The van der Waals surface area contributed by atoms with Crippen LogP contribution in [0, 0.1) is 11.3 Å². The van der Waals surface area contributed by atoms with Crippen molar-refractivity contribution in [2.75, 3.05) is 0 Å². The molecule has 1 heterocycles. The van der Waals surface area contributed by atoms with Crippen LogP contribution in [0.1, 0.15) is 12.8 Å². The third-order valence-corrected chi connectivity index (χ3v) is 0.999. The minimum atomic E-state index is 0.479. The second-order valence-electron chi connectivity index (χ2n) is 1.62. The van der Waals surface area contributed by atoms with E-state index < -0.39 is 0 Å². The number of nitriles is 1. The van der Waals surface area contributed by atoms with Gasteiger partial charge in [0.25, 0.3) is 0 Å². The highest BCUT2D eigenvalue weighted by Gasteiger charge is 1.97. The van der Waals surface area contributed by atoms with Gasteiger partial charge in [-0.25, -0.2) is 0 Å². The van der Waals surface area contributed by atoms with Crippen molar-refractivity contribution in [3.63, 3.8) is 0 Å². The third kappa shape index (κ3) is 0.941. The zero-order valence-corrected chi connectivity index (χ0v) is 4.46. The standard InChI is InChI=1S/C6H6N2/c7-4-3-6-2-1-5-8-6/h1,5H,2-3H2. The van der Waals surface area contributed by atoms with Gasteiger partial charge in [0, 0.05) is 18.3 Å². The Hall–Kier alpha value is -1.10.